The van der Waals surface area contributed by atoms with Gasteiger partial charge in [-0.1, -0.05) is 0 Å². The third-order valence-corrected chi connectivity index (χ3v) is 4.11. The third-order valence-electron chi connectivity index (χ3n) is 4.11. The molecule has 0 aliphatic heterocycles. The minimum Gasteiger partial charge on any atom is -0.384 e. The zero-order valence-electron chi connectivity index (χ0n) is 14.3. The number of aromatic nitrogens is 5. The van der Waals surface area contributed by atoms with Crippen LogP contribution < -0.4 is 11.3 Å². The van der Waals surface area contributed by atoms with Crippen LogP contribution in [0.3, 0.4) is 0 Å². The highest BCUT2D eigenvalue weighted by Crippen LogP contribution is 2.32. The Morgan fingerprint density at radius 3 is 2.59 bits per heavy atom. The number of H-pyrrole nitrogens is 1. The Morgan fingerprint density at radius 1 is 1.11 bits per heavy atom. The van der Waals surface area contributed by atoms with Crippen LogP contribution in [0.5, 0.6) is 0 Å². The number of nitrogens with two attached hydrogens (primary N) is 1. The summed E-state index contributed by atoms with van der Waals surface area (Å²) in [6.07, 6.45) is 3.40. The zero-order chi connectivity index (χ0) is 19.0. The van der Waals surface area contributed by atoms with Crippen LogP contribution in [-0.2, 0) is 0 Å². The smallest absolute Gasteiger partial charge is 0.264 e. The molecule has 8 heteroatoms. The first-order chi connectivity index (χ1) is 13.0. The van der Waals surface area contributed by atoms with Crippen LogP contribution in [0.25, 0.3) is 28.2 Å². The van der Waals surface area contributed by atoms with Crippen molar-refractivity contribution in [2.24, 2.45) is 0 Å². The average molecular weight is 362 g/mol. The van der Waals surface area contributed by atoms with Crippen molar-refractivity contribution >= 4 is 5.82 Å². The van der Waals surface area contributed by atoms with Gasteiger partial charge in [0.25, 0.3) is 5.56 Å². The minimum atomic E-state index is -0.328. The molecule has 0 saturated carbocycles. The number of rotatable bonds is 3. The highest BCUT2D eigenvalue weighted by molar-refractivity contribution is 5.81. The van der Waals surface area contributed by atoms with Crippen LogP contribution in [0.1, 0.15) is 5.56 Å². The number of aryl methyl sites for hydroxylation is 1. The van der Waals surface area contributed by atoms with Crippen LogP contribution in [0.2, 0.25) is 0 Å². The number of hydrogen-bond acceptors (Lipinski definition) is 5. The molecule has 27 heavy (non-hydrogen) atoms. The zero-order valence-corrected chi connectivity index (χ0v) is 14.3. The predicted octanol–water partition coefficient (Wildman–Crippen LogP) is 2.71. The van der Waals surface area contributed by atoms with Crippen molar-refractivity contribution in [1.29, 1.82) is 0 Å². The summed E-state index contributed by atoms with van der Waals surface area (Å²) in [4.78, 5) is 15.5. The fourth-order valence-electron chi connectivity index (χ4n) is 2.85. The van der Waals surface area contributed by atoms with Crippen molar-refractivity contribution < 1.29 is 4.39 Å². The first-order valence-corrected chi connectivity index (χ1v) is 8.15. The normalized spacial score (nSPS) is 10.9. The molecular formula is C19H15FN6O. The van der Waals surface area contributed by atoms with Gasteiger partial charge in [-0.25, -0.2) is 19.2 Å². The van der Waals surface area contributed by atoms with Crippen molar-refractivity contribution in [2.45, 2.75) is 6.92 Å². The Hall–Kier alpha value is -3.81. The van der Waals surface area contributed by atoms with E-state index in [1.165, 1.54) is 18.2 Å². The summed E-state index contributed by atoms with van der Waals surface area (Å²) in [7, 11) is 0. The number of aromatic amines is 1. The lowest BCUT2D eigenvalue weighted by molar-refractivity contribution is 0.628. The Bertz CT molecular complexity index is 1180. The van der Waals surface area contributed by atoms with E-state index in [9.17, 15) is 9.18 Å². The van der Waals surface area contributed by atoms with E-state index < -0.39 is 0 Å². The SMILES string of the molecule is Cc1cc(=O)[nH]nc1-n1cc(-c2ccnc(N)c2)c(-c2ccc(F)cc2)n1. The summed E-state index contributed by atoms with van der Waals surface area (Å²) in [6.45, 7) is 1.78. The molecule has 0 amide bonds. The summed E-state index contributed by atoms with van der Waals surface area (Å²) in [5.41, 5.74) is 9.18. The number of halogens is 1. The Balaban J connectivity index is 1.94. The number of nitrogens with zero attached hydrogens (tertiary/aromatic N) is 4. The van der Waals surface area contributed by atoms with Gasteiger partial charge >= 0.3 is 0 Å². The molecule has 4 aromatic rings. The molecule has 0 fully saturated rings. The van der Waals surface area contributed by atoms with Gasteiger partial charge in [0.2, 0.25) is 0 Å². The first kappa shape index (κ1) is 16.6. The van der Waals surface area contributed by atoms with Crippen molar-refractivity contribution in [1.82, 2.24) is 25.0 Å². The Labute approximate surface area is 153 Å². The average Bonchev–Trinajstić information content (AvgIpc) is 3.07. The number of benzene rings is 1. The van der Waals surface area contributed by atoms with Gasteiger partial charge in [-0.2, -0.15) is 10.2 Å². The second-order valence-electron chi connectivity index (χ2n) is 6.05. The van der Waals surface area contributed by atoms with E-state index in [0.29, 0.717) is 22.9 Å². The lowest BCUT2D eigenvalue weighted by Gasteiger charge is -2.03. The lowest BCUT2D eigenvalue weighted by atomic mass is 10.0. The molecule has 4 rings (SSSR count). The molecule has 0 spiro atoms. The van der Waals surface area contributed by atoms with Crippen LogP contribution in [-0.4, -0.2) is 25.0 Å². The second kappa shape index (κ2) is 6.49. The molecule has 3 aromatic heterocycles. The molecule has 3 N–H and O–H groups in total. The Morgan fingerprint density at radius 2 is 1.89 bits per heavy atom. The molecule has 0 aliphatic rings. The number of hydrogen-bond donors (Lipinski definition) is 2. The number of nitrogens with one attached hydrogen (secondary N) is 1. The van der Waals surface area contributed by atoms with Gasteiger partial charge in [-0.3, -0.25) is 4.79 Å². The van der Waals surface area contributed by atoms with E-state index in [2.05, 4.69) is 20.3 Å². The molecule has 0 aliphatic carbocycles. The minimum absolute atomic E-state index is 0.288. The van der Waals surface area contributed by atoms with E-state index in [-0.39, 0.29) is 11.4 Å². The monoisotopic (exact) mass is 362 g/mol. The van der Waals surface area contributed by atoms with Crippen LogP contribution in [0, 0.1) is 12.7 Å². The number of nitrogen functional groups attached to an aromatic ring is 1. The van der Waals surface area contributed by atoms with Crippen LogP contribution in [0.4, 0.5) is 10.2 Å². The molecule has 0 saturated heterocycles. The molecule has 3 heterocycles. The maximum absolute atomic E-state index is 13.3. The quantitative estimate of drug-likeness (QED) is 0.583. The van der Waals surface area contributed by atoms with Gasteiger partial charge in [0, 0.05) is 35.2 Å². The van der Waals surface area contributed by atoms with Gasteiger partial charge in [-0.05, 0) is 48.9 Å². The molecule has 0 unspecified atom stereocenters. The van der Waals surface area contributed by atoms with E-state index in [4.69, 9.17) is 5.73 Å². The molecule has 7 nitrogen and oxygen atoms in total. The fourth-order valence-corrected chi connectivity index (χ4v) is 2.85. The summed E-state index contributed by atoms with van der Waals surface area (Å²) in [5, 5.41) is 11.1. The van der Waals surface area contributed by atoms with E-state index in [1.54, 1.807) is 42.2 Å². The van der Waals surface area contributed by atoms with Crippen LogP contribution in [0.15, 0.2) is 59.7 Å². The topological polar surface area (TPSA) is 102 Å². The van der Waals surface area contributed by atoms with E-state index in [1.807, 2.05) is 6.07 Å². The fraction of sp³-hybridized carbons (Fsp3) is 0.0526. The van der Waals surface area contributed by atoms with Gasteiger partial charge in [-0.15, -0.1) is 0 Å². The van der Waals surface area contributed by atoms with Gasteiger partial charge in [0.15, 0.2) is 5.82 Å². The third kappa shape index (κ3) is 3.20. The second-order valence-corrected chi connectivity index (χ2v) is 6.05. The summed E-state index contributed by atoms with van der Waals surface area (Å²) in [5.74, 6) is 0.543. The van der Waals surface area contributed by atoms with Crippen LogP contribution >= 0.6 is 0 Å². The first-order valence-electron chi connectivity index (χ1n) is 8.15. The molecule has 0 atom stereocenters. The summed E-state index contributed by atoms with van der Waals surface area (Å²) in [6, 6.07) is 11.1. The number of anilines is 1. The highest BCUT2D eigenvalue weighted by atomic mass is 19.1. The summed E-state index contributed by atoms with van der Waals surface area (Å²) >= 11 is 0. The largest absolute Gasteiger partial charge is 0.384 e. The molecular weight excluding hydrogens is 347 g/mol. The van der Waals surface area contributed by atoms with E-state index in [0.717, 1.165) is 16.7 Å². The molecule has 0 radical (unpaired) electrons. The lowest BCUT2D eigenvalue weighted by Crippen LogP contribution is -2.12. The number of pyridine rings is 1. The van der Waals surface area contributed by atoms with Gasteiger partial charge < -0.3 is 5.73 Å². The maximum atomic E-state index is 13.3. The van der Waals surface area contributed by atoms with Crippen molar-refractivity contribution in [3.63, 3.8) is 0 Å². The Kier molecular flexibility index (Phi) is 4.00. The predicted molar refractivity (Wildman–Crippen MR) is 99.8 cm³/mol. The van der Waals surface area contributed by atoms with E-state index >= 15 is 0 Å². The molecule has 1 aromatic carbocycles. The highest BCUT2D eigenvalue weighted by Gasteiger charge is 2.16. The molecule has 134 valence electrons. The summed E-state index contributed by atoms with van der Waals surface area (Å²) < 4.78 is 14.9. The van der Waals surface area contributed by atoms with Gasteiger partial charge in [0.1, 0.15) is 17.3 Å². The molecule has 0 bridgehead atoms. The van der Waals surface area contributed by atoms with Crippen molar-refractivity contribution in [3.8, 4) is 28.2 Å². The van der Waals surface area contributed by atoms with Gasteiger partial charge in [0.05, 0.1) is 0 Å². The maximum Gasteiger partial charge on any atom is 0.264 e. The van der Waals surface area contributed by atoms with Crippen molar-refractivity contribution in [3.05, 3.63) is 76.6 Å². The van der Waals surface area contributed by atoms with Crippen molar-refractivity contribution in [2.75, 3.05) is 5.73 Å². The standard InChI is InChI=1S/C19H15FN6O/c1-11-8-17(27)23-24-19(11)26-10-15(13-6-7-22-16(21)9-13)18(25-26)12-2-4-14(20)5-3-12/h2-10H,1H3,(H2,21,22)(H,23,27).